The normalized spacial score (nSPS) is 24.9. The lowest BCUT2D eigenvalue weighted by Gasteiger charge is -2.32. The molecule has 0 bridgehead atoms. The first-order valence-corrected chi connectivity index (χ1v) is 22.2. The molecule has 64 heavy (non-hydrogen) atoms. The molecule has 3 aliphatic carbocycles. The van der Waals surface area contributed by atoms with Crippen LogP contribution in [0.5, 0.6) is 0 Å². The topological polar surface area (TPSA) is 163 Å². The van der Waals surface area contributed by atoms with E-state index in [-0.39, 0.29) is 57.9 Å². The van der Waals surface area contributed by atoms with Crippen molar-refractivity contribution in [1.29, 1.82) is 0 Å². The Morgan fingerprint density at radius 1 is 1.02 bits per heavy atom. The summed E-state index contributed by atoms with van der Waals surface area (Å²) in [7, 11) is 1.26. The molecule has 0 radical (unpaired) electrons. The highest BCUT2D eigenvalue weighted by Crippen LogP contribution is 2.53. The Labute approximate surface area is 372 Å². The summed E-state index contributed by atoms with van der Waals surface area (Å²) in [4.78, 5) is 62.3. The third-order valence-electron chi connectivity index (χ3n) is 13.0. The molecule has 6 atom stereocenters. The SMILES string of the molecule is COC(=O)NC(C(=O)N1CC(C)CC1C1=NC=C(C2=CC=C(C3=CC(F)=C(NC(=O)c4ccc(NCCNC(=O)CC5CC5(C)C)nc4)CC3OC(F)(F)F)CC2)CCC1C)C(C)C. The number of amides is 4. The van der Waals surface area contributed by atoms with Gasteiger partial charge in [0, 0.05) is 50.6 Å². The van der Waals surface area contributed by atoms with Gasteiger partial charge in [-0.25, -0.2) is 14.2 Å². The van der Waals surface area contributed by atoms with Crippen LogP contribution in [-0.4, -0.2) is 90.7 Å². The van der Waals surface area contributed by atoms with Crippen molar-refractivity contribution in [3.8, 4) is 0 Å². The Hall–Kier alpha value is -5.32. The van der Waals surface area contributed by atoms with E-state index in [1.54, 1.807) is 12.1 Å². The van der Waals surface area contributed by atoms with Crippen molar-refractivity contribution in [3.63, 3.8) is 0 Å². The van der Waals surface area contributed by atoms with Crippen LogP contribution < -0.4 is 21.3 Å². The van der Waals surface area contributed by atoms with E-state index in [1.165, 1.54) is 19.4 Å². The van der Waals surface area contributed by atoms with Gasteiger partial charge >= 0.3 is 12.5 Å². The molecular formula is C47H61F4N7O6. The number of rotatable bonds is 15. The molecule has 0 spiro atoms. The number of hydrogen-bond donors (Lipinski definition) is 4. The maximum absolute atomic E-state index is 15.7. The van der Waals surface area contributed by atoms with Gasteiger partial charge in [0.25, 0.3) is 5.91 Å². The smallest absolute Gasteiger partial charge is 0.453 e. The van der Waals surface area contributed by atoms with Crippen LogP contribution in [0.3, 0.4) is 0 Å². The highest BCUT2D eigenvalue weighted by Gasteiger charge is 2.46. The summed E-state index contributed by atoms with van der Waals surface area (Å²) in [6.07, 6.45) is 4.22. The molecule has 5 aliphatic rings. The molecule has 4 N–H and O–H groups in total. The molecule has 1 saturated heterocycles. The van der Waals surface area contributed by atoms with Crippen molar-refractivity contribution in [1.82, 2.24) is 25.8 Å². The second-order valence-electron chi connectivity index (χ2n) is 18.7. The molecule has 13 nitrogen and oxygen atoms in total. The van der Waals surface area contributed by atoms with Crippen LogP contribution in [0.2, 0.25) is 0 Å². The Bertz CT molecular complexity index is 2140. The van der Waals surface area contributed by atoms with Gasteiger partial charge in [0.15, 0.2) is 0 Å². The van der Waals surface area contributed by atoms with Crippen molar-refractivity contribution < 1.29 is 46.2 Å². The van der Waals surface area contributed by atoms with Crippen LogP contribution in [0.1, 0.15) is 103 Å². The van der Waals surface area contributed by atoms with Gasteiger partial charge in [-0.3, -0.25) is 24.1 Å². The number of aromatic nitrogens is 1. The summed E-state index contributed by atoms with van der Waals surface area (Å²) < 4.78 is 66.3. The molecule has 0 aromatic carbocycles. The number of nitrogens with zero attached hydrogens (tertiary/aromatic N) is 3. The molecule has 6 rings (SSSR count). The Morgan fingerprint density at radius 3 is 2.36 bits per heavy atom. The number of nitrogens with one attached hydrogen (secondary N) is 4. The largest absolute Gasteiger partial charge is 0.523 e. The minimum atomic E-state index is -5.03. The van der Waals surface area contributed by atoms with Gasteiger partial charge in [0.05, 0.1) is 30.5 Å². The maximum Gasteiger partial charge on any atom is 0.523 e. The summed E-state index contributed by atoms with van der Waals surface area (Å²) in [6.45, 7) is 13.5. The fourth-order valence-corrected chi connectivity index (χ4v) is 8.96. The minimum Gasteiger partial charge on any atom is -0.453 e. The molecule has 4 amide bonds. The van der Waals surface area contributed by atoms with Crippen molar-refractivity contribution in [3.05, 3.63) is 82.1 Å². The average molecular weight is 896 g/mol. The molecule has 1 aromatic heterocycles. The summed E-state index contributed by atoms with van der Waals surface area (Å²) >= 11 is 0. The molecule has 6 unspecified atom stereocenters. The summed E-state index contributed by atoms with van der Waals surface area (Å²) in [5.74, 6) is -0.886. The number of alkyl halides is 3. The number of carbonyl (C=O) groups is 4. The first kappa shape index (κ1) is 48.1. The fourth-order valence-electron chi connectivity index (χ4n) is 8.96. The van der Waals surface area contributed by atoms with Crippen LogP contribution in [0.4, 0.5) is 28.2 Å². The number of methoxy groups -OCH3 is 1. The second kappa shape index (κ2) is 20.2. The monoisotopic (exact) mass is 895 g/mol. The Morgan fingerprint density at radius 2 is 1.73 bits per heavy atom. The molecule has 1 saturated carbocycles. The van der Waals surface area contributed by atoms with E-state index in [2.05, 4.69) is 58.7 Å². The van der Waals surface area contributed by atoms with Gasteiger partial charge < -0.3 is 30.9 Å². The van der Waals surface area contributed by atoms with Gasteiger partial charge in [-0.05, 0) is 108 Å². The fraction of sp³-hybridized carbons (Fsp3) is 0.574. The zero-order valence-corrected chi connectivity index (χ0v) is 37.7. The standard InChI is InChI=1S/C47H61F4N7O6/c1-26(2)41(57-45(62)63-7)44(61)58-25-27(3)18-37(58)42-28(4)8-9-31(23-55-42)29-10-12-30(13-11-29)34-20-35(48)36(21-38(34)64-47(49,50)51)56-43(60)32-14-15-39(54-24-32)52-16-17-53-40(59)19-33-22-46(33,5)6/h10,12,14-15,20,23-24,26-28,33,37-38,41H,8-9,11,13,16-19,21-22,25H2,1-7H3,(H,52,54)(H,53,59)(H,56,60)(H,57,62). The van der Waals surface area contributed by atoms with Crippen molar-refractivity contribution in [2.24, 2.45) is 34.1 Å². The molecule has 3 heterocycles. The lowest BCUT2D eigenvalue weighted by molar-refractivity contribution is -0.337. The van der Waals surface area contributed by atoms with Crippen LogP contribution in [0.25, 0.3) is 0 Å². The van der Waals surface area contributed by atoms with E-state index >= 15 is 4.39 Å². The Kier molecular flexibility index (Phi) is 15.2. The molecule has 348 valence electrons. The number of aliphatic imine (C=N–C) groups is 1. The predicted octanol–water partition coefficient (Wildman–Crippen LogP) is 8.21. The van der Waals surface area contributed by atoms with Gasteiger partial charge in [-0.2, -0.15) is 0 Å². The number of anilines is 1. The number of allylic oxidation sites excluding steroid dienone is 6. The summed E-state index contributed by atoms with van der Waals surface area (Å²) in [5, 5.41) is 11.0. The number of carbonyl (C=O) groups excluding carboxylic acids is 4. The average Bonchev–Trinajstić information content (AvgIpc) is 3.74. The van der Waals surface area contributed by atoms with Gasteiger partial charge in [0.1, 0.15) is 17.7 Å². The number of pyridine rings is 1. The minimum absolute atomic E-state index is 0.00972. The number of likely N-dealkylation sites (tertiary alicyclic amines) is 1. The van der Waals surface area contributed by atoms with Crippen molar-refractivity contribution >= 4 is 35.3 Å². The summed E-state index contributed by atoms with van der Waals surface area (Å²) in [6, 6.07) is 1.99. The summed E-state index contributed by atoms with van der Waals surface area (Å²) in [5.41, 5.74) is 3.28. The van der Waals surface area contributed by atoms with Crippen molar-refractivity contribution in [2.75, 3.05) is 32.1 Å². The van der Waals surface area contributed by atoms with Crippen LogP contribution in [0.15, 0.2) is 81.6 Å². The van der Waals surface area contributed by atoms with E-state index in [0.29, 0.717) is 62.6 Å². The van der Waals surface area contributed by atoms with Crippen LogP contribution in [-0.2, 0) is 19.1 Å². The first-order valence-electron chi connectivity index (χ1n) is 22.2. The number of halogens is 4. The van der Waals surface area contributed by atoms with E-state index in [0.717, 1.165) is 42.2 Å². The van der Waals surface area contributed by atoms with E-state index < -0.39 is 42.8 Å². The lowest BCUT2D eigenvalue weighted by atomic mass is 9.83. The van der Waals surface area contributed by atoms with E-state index in [4.69, 9.17) is 9.73 Å². The predicted molar refractivity (Wildman–Crippen MR) is 234 cm³/mol. The zero-order chi connectivity index (χ0) is 46.5. The Balaban J connectivity index is 1.12. The number of ether oxygens (including phenoxy) is 2. The van der Waals surface area contributed by atoms with Gasteiger partial charge in [0.2, 0.25) is 11.8 Å². The molecule has 2 aliphatic heterocycles. The van der Waals surface area contributed by atoms with Crippen LogP contribution >= 0.6 is 0 Å². The van der Waals surface area contributed by atoms with Gasteiger partial charge in [-0.15, -0.1) is 13.2 Å². The maximum atomic E-state index is 15.7. The lowest BCUT2D eigenvalue weighted by Crippen LogP contribution is -2.54. The highest BCUT2D eigenvalue weighted by atomic mass is 19.4. The molecular weight excluding hydrogens is 835 g/mol. The first-order chi connectivity index (χ1) is 30.2. The number of alkyl carbamates (subject to hydrolysis) is 1. The molecule has 17 heteroatoms. The third kappa shape index (κ3) is 12.3. The zero-order valence-electron chi connectivity index (χ0n) is 37.7. The van der Waals surface area contributed by atoms with Crippen LogP contribution in [0, 0.1) is 29.1 Å². The van der Waals surface area contributed by atoms with Crippen molar-refractivity contribution in [2.45, 2.75) is 117 Å². The van der Waals surface area contributed by atoms with Gasteiger partial charge in [-0.1, -0.05) is 53.7 Å². The van der Waals surface area contributed by atoms with E-state index in [9.17, 15) is 32.3 Å². The highest BCUT2D eigenvalue weighted by molar-refractivity contribution is 5.97. The molecule has 2 fully saturated rings. The quantitative estimate of drug-likeness (QED) is 0.101. The third-order valence-corrected chi connectivity index (χ3v) is 13.0. The second-order valence-corrected chi connectivity index (χ2v) is 18.7. The van der Waals surface area contributed by atoms with E-state index in [1.807, 2.05) is 31.0 Å². The number of hydrogen-bond acceptors (Lipinski definition) is 9. The molecule has 1 aromatic rings.